The molecule has 0 spiro atoms. The Morgan fingerprint density at radius 2 is 0.807 bits per heavy atom. The summed E-state index contributed by atoms with van der Waals surface area (Å²) < 4.78 is 66.7. The number of benzene rings is 1. The molecule has 0 aromatic heterocycles. The van der Waals surface area contributed by atoms with E-state index < -0.39 is 145 Å². The fourth-order valence-corrected chi connectivity index (χ4v) is 5.65. The largest absolute Gasteiger partial charge is 0.478 e. The van der Waals surface area contributed by atoms with E-state index in [1.54, 1.807) is 0 Å². The summed E-state index contributed by atoms with van der Waals surface area (Å²) in [6.07, 6.45) is -16.6. The summed E-state index contributed by atoms with van der Waals surface area (Å²) in [7, 11) is 0. The third kappa shape index (κ3) is 13.3. The molecule has 22 nitrogen and oxygen atoms in total. The molecule has 3 rings (SSSR count). The molecule has 0 amide bonds. The highest BCUT2D eigenvalue weighted by atomic mass is 16.8. The number of hydrogen-bond acceptors (Lipinski definition) is 21. The molecule has 0 saturated carbocycles. The minimum Gasteiger partial charge on any atom is -0.478 e. The van der Waals surface area contributed by atoms with E-state index >= 15 is 0 Å². The third-order valence-electron chi connectivity index (χ3n) is 7.57. The summed E-state index contributed by atoms with van der Waals surface area (Å²) in [5.74, 6) is -9.55. The summed E-state index contributed by atoms with van der Waals surface area (Å²) in [5, 5.41) is 9.86. The van der Waals surface area contributed by atoms with Crippen LogP contribution in [0, 0.1) is 0 Å². The Hall–Kier alpha value is -6.03. The van der Waals surface area contributed by atoms with Crippen LogP contribution in [0.5, 0.6) is 11.5 Å². The number of ether oxygens (including phenoxy) is 12. The van der Waals surface area contributed by atoms with Crippen LogP contribution >= 0.6 is 0 Å². The van der Waals surface area contributed by atoms with E-state index in [4.69, 9.17) is 56.8 Å². The first kappa shape index (κ1) is 45.4. The molecule has 2 saturated heterocycles. The van der Waals surface area contributed by atoms with Gasteiger partial charge in [0.05, 0.1) is 5.56 Å². The van der Waals surface area contributed by atoms with Crippen molar-refractivity contribution in [3.63, 3.8) is 0 Å². The van der Waals surface area contributed by atoms with E-state index in [1.165, 1.54) is 0 Å². The monoisotopic (exact) mass is 814 g/mol. The topological polar surface area (TPSA) is 285 Å². The van der Waals surface area contributed by atoms with Gasteiger partial charge in [-0.2, -0.15) is 0 Å². The molecule has 0 bridgehead atoms. The van der Waals surface area contributed by atoms with Crippen molar-refractivity contribution in [3.05, 3.63) is 23.8 Å². The highest BCUT2D eigenvalue weighted by Gasteiger charge is 2.55. The number of carboxylic acid groups (broad SMARTS) is 1. The molecule has 314 valence electrons. The lowest BCUT2D eigenvalue weighted by Gasteiger charge is -2.44. The van der Waals surface area contributed by atoms with Gasteiger partial charge in [0.2, 0.25) is 24.8 Å². The van der Waals surface area contributed by atoms with Crippen molar-refractivity contribution >= 4 is 53.7 Å². The lowest BCUT2D eigenvalue weighted by atomic mass is 9.98. The molecule has 1 aromatic rings. The fraction of sp³-hybridized carbons (Fsp3) is 0.571. The molecule has 57 heavy (non-hydrogen) atoms. The van der Waals surface area contributed by atoms with Crippen molar-refractivity contribution in [2.24, 2.45) is 0 Å². The number of carbonyl (C=O) groups is 9. The first-order valence-corrected chi connectivity index (χ1v) is 17.0. The molecule has 22 heteroatoms. The first-order chi connectivity index (χ1) is 26.7. The van der Waals surface area contributed by atoms with Crippen molar-refractivity contribution < 1.29 is 105 Å². The molecule has 2 aliphatic rings. The molecule has 2 fully saturated rings. The van der Waals surface area contributed by atoms with Crippen LogP contribution < -0.4 is 9.47 Å². The Morgan fingerprint density at radius 1 is 0.474 bits per heavy atom. The summed E-state index contributed by atoms with van der Waals surface area (Å²) in [5.41, 5.74) is -0.412. The molecular formula is C35H42O22. The molecule has 0 radical (unpaired) electrons. The van der Waals surface area contributed by atoms with Crippen LogP contribution in [-0.4, -0.2) is 133 Å². The average Bonchev–Trinajstić information content (AvgIpc) is 3.07. The summed E-state index contributed by atoms with van der Waals surface area (Å²) in [4.78, 5) is 109. The zero-order valence-electron chi connectivity index (χ0n) is 31.9. The van der Waals surface area contributed by atoms with E-state index in [0.717, 1.165) is 73.6 Å². The van der Waals surface area contributed by atoms with Crippen LogP contribution in [0.1, 0.15) is 65.7 Å². The van der Waals surface area contributed by atoms with Crippen LogP contribution in [0.3, 0.4) is 0 Å². The Labute approximate surface area is 324 Å². The normalized spacial score (nSPS) is 26.6. The van der Waals surface area contributed by atoms with Crippen LogP contribution in [0.25, 0.3) is 0 Å². The maximum absolute atomic E-state index is 12.4. The van der Waals surface area contributed by atoms with Gasteiger partial charge in [-0.3, -0.25) is 38.4 Å². The Balaban J connectivity index is 2.20. The quantitative estimate of drug-likeness (QED) is 0.184. The Bertz CT molecular complexity index is 1700. The summed E-state index contributed by atoms with van der Waals surface area (Å²) in [6, 6.07) is 3.05. The third-order valence-corrected chi connectivity index (χ3v) is 7.57. The van der Waals surface area contributed by atoms with Gasteiger partial charge >= 0.3 is 53.7 Å². The number of hydrogen-bond donors (Lipinski definition) is 1. The fourth-order valence-electron chi connectivity index (χ4n) is 5.65. The molecule has 10 atom stereocenters. The van der Waals surface area contributed by atoms with Crippen molar-refractivity contribution in [3.8, 4) is 11.5 Å². The van der Waals surface area contributed by atoms with Crippen LogP contribution in [-0.2, 0) is 85.7 Å². The zero-order valence-corrected chi connectivity index (χ0v) is 31.9. The number of esters is 8. The highest BCUT2D eigenvalue weighted by Crippen LogP contribution is 2.38. The first-order valence-electron chi connectivity index (χ1n) is 17.0. The van der Waals surface area contributed by atoms with Gasteiger partial charge in [0, 0.05) is 55.4 Å². The van der Waals surface area contributed by atoms with Crippen molar-refractivity contribution in [2.75, 3.05) is 13.2 Å². The van der Waals surface area contributed by atoms with Gasteiger partial charge in [0.25, 0.3) is 0 Å². The van der Waals surface area contributed by atoms with Crippen LogP contribution in [0.4, 0.5) is 0 Å². The minimum absolute atomic E-state index is 0.409. The maximum Gasteiger partial charge on any atom is 0.335 e. The lowest BCUT2D eigenvalue weighted by Crippen LogP contribution is -2.64. The molecular weight excluding hydrogens is 772 g/mol. The number of carboxylic acids is 1. The highest BCUT2D eigenvalue weighted by molar-refractivity contribution is 5.88. The Morgan fingerprint density at radius 3 is 1.14 bits per heavy atom. The van der Waals surface area contributed by atoms with Gasteiger partial charge in [-0.1, -0.05) is 0 Å². The SMILES string of the molecule is CC(=O)OC[C@@H]1O[C@H](Oc2ccc(C(=O)O)cc2O[C@@H]2O[C@H](COC(C)=O)[C@H](OC(C)=O)[C@H](OC(C)=O)[C@@H]2OC(C)=O)[C@@H](OC(C)=O)[C@H](OC(C)=O)[C@H]1OC(C)=O. The van der Waals surface area contributed by atoms with E-state index in [0.29, 0.717) is 0 Å². The molecule has 1 aromatic carbocycles. The van der Waals surface area contributed by atoms with Gasteiger partial charge < -0.3 is 61.9 Å². The lowest BCUT2D eigenvalue weighted by molar-refractivity contribution is -0.292. The number of aromatic carboxylic acids is 1. The predicted octanol–water partition coefficient (Wildman–Crippen LogP) is 0.309. The minimum atomic E-state index is -1.88. The average molecular weight is 815 g/mol. The van der Waals surface area contributed by atoms with Gasteiger partial charge in [-0.25, -0.2) is 4.79 Å². The number of carbonyl (C=O) groups excluding carboxylic acids is 8. The molecule has 2 aliphatic heterocycles. The smallest absolute Gasteiger partial charge is 0.335 e. The standard InChI is InChI=1S/C35H42O22/c1-14(36)46-12-25-27(48-16(3)38)29(50-18(5)40)31(52-20(7)42)34(56-25)54-23-10-9-22(33(44)45)11-24(23)55-35-32(53-21(8)43)30(51-19(6)41)28(49-17(4)39)26(57-35)13-47-15(2)37/h9-11,25-32,34-35H,12-13H2,1-8H3,(H,44,45)/t25-,26+,27-,28-,29+,30-,31-,32-,34-,35+/m0/s1. The molecule has 0 unspecified atom stereocenters. The Kier molecular flexibility index (Phi) is 16.1. The summed E-state index contributed by atoms with van der Waals surface area (Å²) >= 11 is 0. The van der Waals surface area contributed by atoms with Crippen LogP contribution in [0.15, 0.2) is 18.2 Å². The molecule has 0 aliphatic carbocycles. The van der Waals surface area contributed by atoms with Gasteiger partial charge in [-0.15, -0.1) is 0 Å². The predicted molar refractivity (Wildman–Crippen MR) is 179 cm³/mol. The second-order valence-corrected chi connectivity index (χ2v) is 12.3. The maximum atomic E-state index is 12.4. The molecule has 2 heterocycles. The zero-order chi connectivity index (χ0) is 42.7. The van der Waals surface area contributed by atoms with Crippen molar-refractivity contribution in [2.45, 2.75) is 117 Å². The van der Waals surface area contributed by atoms with Gasteiger partial charge in [-0.05, 0) is 18.2 Å². The van der Waals surface area contributed by atoms with Crippen LogP contribution in [0.2, 0.25) is 0 Å². The second-order valence-electron chi connectivity index (χ2n) is 12.3. The van der Waals surface area contributed by atoms with Gasteiger partial charge in [0.1, 0.15) is 25.4 Å². The van der Waals surface area contributed by atoms with E-state index in [9.17, 15) is 48.3 Å². The van der Waals surface area contributed by atoms with E-state index in [-0.39, 0.29) is 0 Å². The van der Waals surface area contributed by atoms with Gasteiger partial charge in [0.15, 0.2) is 35.9 Å². The second kappa shape index (κ2) is 20.2. The van der Waals surface area contributed by atoms with E-state index in [2.05, 4.69) is 0 Å². The van der Waals surface area contributed by atoms with Crippen molar-refractivity contribution in [1.29, 1.82) is 0 Å². The summed E-state index contributed by atoms with van der Waals surface area (Å²) in [6.45, 7) is 6.94. The number of rotatable bonds is 15. The molecule has 1 N–H and O–H groups in total. The van der Waals surface area contributed by atoms with E-state index in [1.807, 2.05) is 0 Å². The van der Waals surface area contributed by atoms with Crippen molar-refractivity contribution in [1.82, 2.24) is 0 Å².